The van der Waals surface area contributed by atoms with Gasteiger partial charge in [0.05, 0.1) is 18.6 Å². The molecule has 1 aromatic carbocycles. The highest BCUT2D eigenvalue weighted by molar-refractivity contribution is 8.00. The van der Waals surface area contributed by atoms with Gasteiger partial charge in [-0.3, -0.25) is 4.79 Å². The van der Waals surface area contributed by atoms with Crippen molar-refractivity contribution in [3.63, 3.8) is 0 Å². The largest absolute Gasteiger partial charge is 0.378 e. The number of anilines is 1. The number of hydrogen-bond donors (Lipinski definition) is 2. The SMILES string of the molecule is CC(=O)Nc1ccc(SC2COCCN2)cc1. The second kappa shape index (κ2) is 6.05. The Hall–Kier alpha value is -1.04. The van der Waals surface area contributed by atoms with Crippen molar-refractivity contribution in [2.45, 2.75) is 17.2 Å². The first-order valence-corrected chi connectivity index (χ1v) is 6.47. The maximum Gasteiger partial charge on any atom is 0.221 e. The van der Waals surface area contributed by atoms with Crippen LogP contribution in [0.4, 0.5) is 5.69 Å². The van der Waals surface area contributed by atoms with E-state index in [0.717, 1.165) is 25.4 Å². The van der Waals surface area contributed by atoms with Crippen LogP contribution in [0.1, 0.15) is 6.92 Å². The van der Waals surface area contributed by atoms with Crippen molar-refractivity contribution in [1.29, 1.82) is 0 Å². The van der Waals surface area contributed by atoms with Gasteiger partial charge in [-0.1, -0.05) is 0 Å². The molecule has 1 heterocycles. The highest BCUT2D eigenvalue weighted by Crippen LogP contribution is 2.24. The lowest BCUT2D eigenvalue weighted by atomic mass is 10.3. The summed E-state index contributed by atoms with van der Waals surface area (Å²) in [6, 6.07) is 7.83. The van der Waals surface area contributed by atoms with Gasteiger partial charge in [0.25, 0.3) is 0 Å². The number of carbonyl (C=O) groups excluding carboxylic acids is 1. The molecule has 1 aliphatic heterocycles. The number of hydrogen-bond acceptors (Lipinski definition) is 4. The van der Waals surface area contributed by atoms with Crippen molar-refractivity contribution in [1.82, 2.24) is 5.32 Å². The van der Waals surface area contributed by atoms with E-state index in [9.17, 15) is 4.79 Å². The number of thioether (sulfide) groups is 1. The van der Waals surface area contributed by atoms with Gasteiger partial charge in [0.1, 0.15) is 0 Å². The Morgan fingerprint density at radius 2 is 2.24 bits per heavy atom. The van der Waals surface area contributed by atoms with E-state index < -0.39 is 0 Å². The molecular weight excluding hydrogens is 236 g/mol. The lowest BCUT2D eigenvalue weighted by molar-refractivity contribution is -0.114. The molecule has 2 N–H and O–H groups in total. The lowest BCUT2D eigenvalue weighted by Gasteiger charge is -2.23. The third-order valence-corrected chi connectivity index (χ3v) is 3.47. The van der Waals surface area contributed by atoms with Crippen LogP contribution in [0.25, 0.3) is 0 Å². The maximum atomic E-state index is 10.9. The van der Waals surface area contributed by atoms with Gasteiger partial charge in [0.15, 0.2) is 0 Å². The molecule has 1 saturated heterocycles. The van der Waals surface area contributed by atoms with E-state index in [1.807, 2.05) is 24.3 Å². The number of morpholine rings is 1. The zero-order valence-electron chi connectivity index (χ0n) is 9.73. The Balaban J connectivity index is 1.90. The summed E-state index contributed by atoms with van der Waals surface area (Å²) in [6.45, 7) is 3.93. The van der Waals surface area contributed by atoms with Gasteiger partial charge in [-0.25, -0.2) is 0 Å². The van der Waals surface area contributed by atoms with Crippen molar-refractivity contribution >= 4 is 23.4 Å². The van der Waals surface area contributed by atoms with E-state index in [2.05, 4.69) is 10.6 Å². The van der Waals surface area contributed by atoms with Crippen LogP contribution >= 0.6 is 11.8 Å². The van der Waals surface area contributed by atoms with Crippen molar-refractivity contribution in [2.75, 3.05) is 25.1 Å². The van der Waals surface area contributed by atoms with Crippen LogP contribution in [-0.4, -0.2) is 31.0 Å². The van der Waals surface area contributed by atoms with E-state index in [1.165, 1.54) is 11.8 Å². The third-order valence-electron chi connectivity index (χ3n) is 2.34. The van der Waals surface area contributed by atoms with Crippen LogP contribution in [0.2, 0.25) is 0 Å². The summed E-state index contributed by atoms with van der Waals surface area (Å²) in [6.07, 6.45) is 0. The molecule has 0 spiro atoms. The molecule has 92 valence electrons. The highest BCUT2D eigenvalue weighted by atomic mass is 32.2. The second-order valence-corrected chi connectivity index (χ2v) is 5.12. The molecule has 0 radical (unpaired) electrons. The number of nitrogens with one attached hydrogen (secondary N) is 2. The topological polar surface area (TPSA) is 50.4 Å². The zero-order chi connectivity index (χ0) is 12.1. The molecular formula is C12H16N2O2S. The van der Waals surface area contributed by atoms with Crippen LogP contribution in [0.3, 0.4) is 0 Å². The molecule has 1 atom stereocenters. The normalized spacial score (nSPS) is 19.9. The van der Waals surface area contributed by atoms with E-state index in [-0.39, 0.29) is 5.91 Å². The summed E-state index contributed by atoms with van der Waals surface area (Å²) in [5.74, 6) is -0.0484. The molecule has 0 bridgehead atoms. The fourth-order valence-corrected chi connectivity index (χ4v) is 2.59. The predicted molar refractivity (Wildman–Crippen MR) is 69.2 cm³/mol. The maximum absolute atomic E-state index is 10.9. The van der Waals surface area contributed by atoms with Crippen molar-refractivity contribution in [2.24, 2.45) is 0 Å². The van der Waals surface area contributed by atoms with Gasteiger partial charge in [-0.05, 0) is 24.3 Å². The summed E-state index contributed by atoms with van der Waals surface area (Å²) in [5, 5.41) is 6.44. The van der Waals surface area contributed by atoms with Crippen molar-refractivity contribution in [3.05, 3.63) is 24.3 Å². The lowest BCUT2D eigenvalue weighted by Crippen LogP contribution is -2.38. The average Bonchev–Trinajstić information content (AvgIpc) is 2.32. The first-order chi connectivity index (χ1) is 8.24. The standard InChI is InChI=1S/C12H16N2O2S/c1-9(15)14-10-2-4-11(5-3-10)17-12-8-16-7-6-13-12/h2-5,12-13H,6-8H2,1H3,(H,14,15). The van der Waals surface area contributed by atoms with Gasteiger partial charge in [0, 0.05) is 24.1 Å². The molecule has 4 nitrogen and oxygen atoms in total. The molecule has 2 rings (SSSR count). The van der Waals surface area contributed by atoms with E-state index in [4.69, 9.17) is 4.74 Å². The summed E-state index contributed by atoms with van der Waals surface area (Å²) in [5.41, 5.74) is 0.828. The van der Waals surface area contributed by atoms with Gasteiger partial charge in [-0.2, -0.15) is 0 Å². The van der Waals surface area contributed by atoms with E-state index in [1.54, 1.807) is 11.8 Å². The Kier molecular flexibility index (Phi) is 4.42. The van der Waals surface area contributed by atoms with E-state index >= 15 is 0 Å². The molecule has 0 aromatic heterocycles. The molecule has 1 fully saturated rings. The molecule has 17 heavy (non-hydrogen) atoms. The van der Waals surface area contributed by atoms with Crippen LogP contribution in [0.15, 0.2) is 29.2 Å². The Morgan fingerprint density at radius 1 is 1.47 bits per heavy atom. The van der Waals surface area contributed by atoms with Crippen LogP contribution in [0.5, 0.6) is 0 Å². The fraction of sp³-hybridized carbons (Fsp3) is 0.417. The highest BCUT2D eigenvalue weighted by Gasteiger charge is 2.13. The molecule has 1 amide bonds. The zero-order valence-corrected chi connectivity index (χ0v) is 10.5. The number of amides is 1. The molecule has 0 aliphatic carbocycles. The number of benzene rings is 1. The van der Waals surface area contributed by atoms with Gasteiger partial charge in [-0.15, -0.1) is 11.8 Å². The smallest absolute Gasteiger partial charge is 0.221 e. The minimum Gasteiger partial charge on any atom is -0.378 e. The predicted octanol–water partition coefficient (Wildman–Crippen LogP) is 1.68. The minimum atomic E-state index is -0.0484. The molecule has 5 heteroatoms. The summed E-state index contributed by atoms with van der Waals surface area (Å²) >= 11 is 1.74. The minimum absolute atomic E-state index is 0.0484. The number of ether oxygens (including phenoxy) is 1. The Bertz CT molecular complexity index is 375. The fourth-order valence-electron chi connectivity index (χ4n) is 1.60. The average molecular weight is 252 g/mol. The first-order valence-electron chi connectivity index (χ1n) is 5.59. The summed E-state index contributed by atoms with van der Waals surface area (Å²) in [7, 11) is 0. The molecule has 0 saturated carbocycles. The first kappa shape index (κ1) is 12.4. The number of rotatable bonds is 3. The monoisotopic (exact) mass is 252 g/mol. The van der Waals surface area contributed by atoms with Crippen molar-refractivity contribution in [3.8, 4) is 0 Å². The van der Waals surface area contributed by atoms with Crippen LogP contribution in [-0.2, 0) is 9.53 Å². The Labute approximate surface area is 105 Å². The van der Waals surface area contributed by atoms with E-state index in [0.29, 0.717) is 5.37 Å². The number of carbonyl (C=O) groups is 1. The summed E-state index contributed by atoms with van der Waals surface area (Å²) < 4.78 is 5.39. The van der Waals surface area contributed by atoms with Gasteiger partial charge >= 0.3 is 0 Å². The van der Waals surface area contributed by atoms with Crippen LogP contribution in [0, 0.1) is 0 Å². The molecule has 1 unspecified atom stereocenters. The third kappa shape index (κ3) is 4.03. The van der Waals surface area contributed by atoms with Gasteiger partial charge < -0.3 is 15.4 Å². The van der Waals surface area contributed by atoms with Gasteiger partial charge in [0.2, 0.25) is 5.91 Å². The van der Waals surface area contributed by atoms with Crippen molar-refractivity contribution < 1.29 is 9.53 Å². The molecule has 1 aliphatic rings. The summed E-state index contributed by atoms with van der Waals surface area (Å²) in [4.78, 5) is 12.0. The second-order valence-electron chi connectivity index (χ2n) is 3.84. The molecule has 1 aromatic rings. The Morgan fingerprint density at radius 3 is 2.82 bits per heavy atom. The van der Waals surface area contributed by atoms with Crippen LogP contribution < -0.4 is 10.6 Å². The quantitative estimate of drug-likeness (QED) is 0.859.